The van der Waals surface area contributed by atoms with Gasteiger partial charge in [-0.25, -0.2) is 13.1 Å². The molecule has 1 aromatic rings. The average Bonchev–Trinajstić information content (AvgIpc) is 3.03. The fraction of sp³-hybridized carbons (Fsp3) is 0.625. The highest BCUT2D eigenvalue weighted by Crippen LogP contribution is 2.48. The van der Waals surface area contributed by atoms with Crippen molar-refractivity contribution in [2.24, 2.45) is 17.8 Å². The van der Waals surface area contributed by atoms with Crippen LogP contribution in [0.5, 0.6) is 0 Å². The monoisotopic (exact) mass is 308 g/mol. The number of aryl methyl sites for hydroxylation is 1. The summed E-state index contributed by atoms with van der Waals surface area (Å²) in [4.78, 5) is 0.352. The summed E-state index contributed by atoms with van der Waals surface area (Å²) in [6.45, 7) is 4.16. The quantitative estimate of drug-likeness (QED) is 0.840. The second kappa shape index (κ2) is 5.29. The molecule has 21 heavy (non-hydrogen) atoms. The number of hydrogen-bond donors (Lipinski definition) is 2. The Bertz CT molecular complexity index is 654. The maximum atomic E-state index is 12.6. The Morgan fingerprint density at radius 1 is 1.24 bits per heavy atom. The van der Waals surface area contributed by atoms with Crippen LogP contribution in [0.4, 0.5) is 5.69 Å². The van der Waals surface area contributed by atoms with Crippen molar-refractivity contribution in [3.63, 3.8) is 0 Å². The van der Waals surface area contributed by atoms with Crippen LogP contribution in [0.1, 0.15) is 36.8 Å². The second-order valence-electron chi connectivity index (χ2n) is 6.71. The molecule has 2 fully saturated rings. The molecule has 1 aromatic carbocycles. The zero-order valence-corrected chi connectivity index (χ0v) is 13.5. The minimum absolute atomic E-state index is 0.352. The van der Waals surface area contributed by atoms with Crippen LogP contribution in [0.25, 0.3) is 0 Å². The van der Waals surface area contributed by atoms with Crippen LogP contribution in [0.3, 0.4) is 0 Å². The smallest absolute Gasteiger partial charge is 0.241 e. The first kappa shape index (κ1) is 14.9. The maximum Gasteiger partial charge on any atom is 0.241 e. The highest BCUT2D eigenvalue weighted by molar-refractivity contribution is 7.89. The van der Waals surface area contributed by atoms with E-state index in [1.807, 2.05) is 6.92 Å². The molecular formula is C16H24N2O2S. The van der Waals surface area contributed by atoms with Crippen LogP contribution in [-0.4, -0.2) is 15.0 Å². The Labute approximate surface area is 127 Å². The van der Waals surface area contributed by atoms with Crippen LogP contribution in [0.2, 0.25) is 0 Å². The van der Waals surface area contributed by atoms with Crippen LogP contribution >= 0.6 is 0 Å². The van der Waals surface area contributed by atoms with Gasteiger partial charge in [0, 0.05) is 12.2 Å². The van der Waals surface area contributed by atoms with Crippen molar-refractivity contribution in [2.75, 3.05) is 12.3 Å². The number of nitrogens with two attached hydrogens (primary N) is 1. The summed E-state index contributed by atoms with van der Waals surface area (Å²) in [7, 11) is -3.48. The molecule has 2 aliphatic rings. The van der Waals surface area contributed by atoms with Crippen molar-refractivity contribution in [1.82, 2.24) is 4.72 Å². The molecule has 2 saturated carbocycles. The van der Waals surface area contributed by atoms with Gasteiger partial charge >= 0.3 is 0 Å². The van der Waals surface area contributed by atoms with Gasteiger partial charge in [0.1, 0.15) is 0 Å². The normalized spacial score (nSPS) is 28.2. The molecule has 0 heterocycles. The zero-order valence-electron chi connectivity index (χ0n) is 12.7. The van der Waals surface area contributed by atoms with Crippen molar-refractivity contribution in [2.45, 2.75) is 44.4 Å². The first-order valence-electron chi connectivity index (χ1n) is 7.74. The third kappa shape index (κ3) is 2.69. The molecule has 0 aliphatic heterocycles. The molecule has 4 nitrogen and oxygen atoms in total. The molecule has 0 radical (unpaired) electrons. The van der Waals surface area contributed by atoms with Crippen LogP contribution in [0, 0.1) is 31.6 Å². The van der Waals surface area contributed by atoms with Crippen molar-refractivity contribution >= 4 is 15.7 Å². The van der Waals surface area contributed by atoms with E-state index >= 15 is 0 Å². The van der Waals surface area contributed by atoms with E-state index in [-0.39, 0.29) is 0 Å². The first-order valence-corrected chi connectivity index (χ1v) is 9.22. The summed E-state index contributed by atoms with van der Waals surface area (Å²) in [5.74, 6) is 2.07. The summed E-state index contributed by atoms with van der Waals surface area (Å²) in [5.41, 5.74) is 7.79. The number of benzene rings is 1. The van der Waals surface area contributed by atoms with E-state index in [0.717, 1.165) is 17.4 Å². The predicted molar refractivity (Wildman–Crippen MR) is 84.5 cm³/mol. The van der Waals surface area contributed by atoms with Gasteiger partial charge < -0.3 is 5.73 Å². The third-order valence-electron chi connectivity index (χ3n) is 5.33. The lowest BCUT2D eigenvalue weighted by Crippen LogP contribution is -2.32. The zero-order chi connectivity index (χ0) is 15.2. The van der Waals surface area contributed by atoms with Gasteiger partial charge in [-0.2, -0.15) is 0 Å². The van der Waals surface area contributed by atoms with Gasteiger partial charge in [-0.05, 0) is 68.1 Å². The molecule has 116 valence electrons. The molecular weight excluding hydrogens is 284 g/mol. The lowest BCUT2D eigenvalue weighted by atomic mass is 9.89. The Morgan fingerprint density at radius 2 is 2.00 bits per heavy atom. The van der Waals surface area contributed by atoms with Crippen LogP contribution in [-0.2, 0) is 10.0 Å². The van der Waals surface area contributed by atoms with Gasteiger partial charge in [-0.1, -0.05) is 12.5 Å². The predicted octanol–water partition coefficient (Wildman–Crippen LogP) is 2.60. The number of hydrogen-bond acceptors (Lipinski definition) is 3. The number of sulfonamides is 1. The van der Waals surface area contributed by atoms with Crippen molar-refractivity contribution in [1.29, 1.82) is 0 Å². The van der Waals surface area contributed by atoms with Crippen molar-refractivity contribution in [3.8, 4) is 0 Å². The Morgan fingerprint density at radius 3 is 2.62 bits per heavy atom. The third-order valence-corrected chi connectivity index (χ3v) is 7.05. The molecule has 5 heteroatoms. The van der Waals surface area contributed by atoms with E-state index < -0.39 is 10.0 Å². The van der Waals surface area contributed by atoms with E-state index in [0.29, 0.717) is 28.6 Å². The molecule has 0 spiro atoms. The fourth-order valence-corrected chi connectivity index (χ4v) is 5.76. The molecule has 3 N–H and O–H groups in total. The van der Waals surface area contributed by atoms with E-state index in [1.54, 1.807) is 19.1 Å². The van der Waals surface area contributed by atoms with Crippen LogP contribution < -0.4 is 10.5 Å². The Kier molecular flexibility index (Phi) is 3.74. The molecule has 0 amide bonds. The van der Waals surface area contributed by atoms with Gasteiger partial charge in [-0.3, -0.25) is 0 Å². The molecule has 0 saturated heterocycles. The summed E-state index contributed by atoms with van der Waals surface area (Å²) in [6.07, 6.45) is 5.08. The number of fused-ring (bicyclic) bond motifs is 2. The highest BCUT2D eigenvalue weighted by atomic mass is 32.2. The molecule has 2 bridgehead atoms. The van der Waals surface area contributed by atoms with Gasteiger partial charge in [0.15, 0.2) is 0 Å². The average molecular weight is 308 g/mol. The van der Waals surface area contributed by atoms with Crippen molar-refractivity contribution < 1.29 is 8.42 Å². The molecule has 3 rings (SSSR count). The summed E-state index contributed by atoms with van der Waals surface area (Å²) < 4.78 is 28.1. The molecule has 3 atom stereocenters. The minimum Gasteiger partial charge on any atom is -0.398 e. The van der Waals surface area contributed by atoms with E-state index in [9.17, 15) is 8.42 Å². The first-order chi connectivity index (χ1) is 9.88. The van der Waals surface area contributed by atoms with E-state index in [2.05, 4.69) is 4.72 Å². The Hall–Kier alpha value is -1.07. The number of nitrogen functional groups attached to an aromatic ring is 1. The summed E-state index contributed by atoms with van der Waals surface area (Å²) in [5, 5.41) is 0. The summed E-state index contributed by atoms with van der Waals surface area (Å²) in [6, 6.07) is 3.54. The Balaban J connectivity index is 1.77. The van der Waals surface area contributed by atoms with Gasteiger partial charge in [0.05, 0.1) is 4.90 Å². The summed E-state index contributed by atoms with van der Waals surface area (Å²) >= 11 is 0. The van der Waals surface area contributed by atoms with E-state index in [1.165, 1.54) is 25.7 Å². The number of rotatable bonds is 4. The van der Waals surface area contributed by atoms with E-state index in [4.69, 9.17) is 5.73 Å². The number of nitrogens with one attached hydrogen (secondary N) is 1. The van der Waals surface area contributed by atoms with Crippen LogP contribution in [0.15, 0.2) is 17.0 Å². The van der Waals surface area contributed by atoms with Gasteiger partial charge in [0.2, 0.25) is 10.0 Å². The van der Waals surface area contributed by atoms with Gasteiger partial charge in [0.25, 0.3) is 0 Å². The molecule has 3 unspecified atom stereocenters. The lowest BCUT2D eigenvalue weighted by molar-refractivity contribution is 0.333. The molecule has 2 aliphatic carbocycles. The molecule has 0 aromatic heterocycles. The minimum atomic E-state index is -3.48. The SMILES string of the molecule is Cc1ccc(N)c(C)c1S(=O)(=O)NCC1CC2CCC1C2. The second-order valence-corrected chi connectivity index (χ2v) is 8.42. The number of anilines is 1. The topological polar surface area (TPSA) is 72.2 Å². The lowest BCUT2D eigenvalue weighted by Gasteiger charge is -2.22. The fourth-order valence-electron chi connectivity index (χ4n) is 4.17. The standard InChI is InChI=1S/C16H24N2O2S/c1-10-3-6-15(17)11(2)16(10)21(19,20)18-9-14-8-12-4-5-13(14)7-12/h3,6,12-14,18H,4-5,7-9,17H2,1-2H3. The van der Waals surface area contributed by atoms with Crippen molar-refractivity contribution in [3.05, 3.63) is 23.3 Å². The maximum absolute atomic E-state index is 12.6. The largest absolute Gasteiger partial charge is 0.398 e. The van der Waals surface area contributed by atoms with Gasteiger partial charge in [-0.15, -0.1) is 0 Å². The highest BCUT2D eigenvalue weighted by Gasteiger charge is 2.39.